The van der Waals surface area contributed by atoms with Crippen LogP contribution in [0.2, 0.25) is 5.02 Å². The minimum absolute atomic E-state index is 0.0546. The maximum absolute atomic E-state index is 12.2. The van der Waals surface area contributed by atoms with Crippen LogP contribution in [-0.4, -0.2) is 25.8 Å². The maximum Gasteiger partial charge on any atom is 0.243 e. The van der Waals surface area contributed by atoms with E-state index in [2.05, 4.69) is 21.9 Å². The van der Waals surface area contributed by atoms with Gasteiger partial charge < -0.3 is 0 Å². The second kappa shape index (κ2) is 5.87. The van der Waals surface area contributed by atoms with E-state index in [4.69, 9.17) is 18.0 Å². The first-order chi connectivity index (χ1) is 7.93. The molecular weight excluding hydrogens is 326 g/mol. The van der Waals surface area contributed by atoms with Gasteiger partial charge in [-0.3, -0.25) is 0 Å². The number of sulfonamides is 1. The zero-order valence-corrected chi connectivity index (χ0v) is 12.3. The Hall–Kier alpha value is -0.540. The third kappa shape index (κ3) is 3.23. The van der Waals surface area contributed by atoms with E-state index in [1.807, 2.05) is 0 Å². The summed E-state index contributed by atoms with van der Waals surface area (Å²) < 4.78 is 26.1. The van der Waals surface area contributed by atoms with Crippen molar-refractivity contribution in [1.82, 2.24) is 4.31 Å². The number of terminal acetylenes is 1. The van der Waals surface area contributed by atoms with Crippen LogP contribution in [0.3, 0.4) is 0 Å². The largest absolute Gasteiger partial charge is 0.243 e. The molecule has 0 spiro atoms. The smallest absolute Gasteiger partial charge is 0.207 e. The first-order valence-electron chi connectivity index (χ1n) is 4.82. The minimum Gasteiger partial charge on any atom is -0.207 e. The summed E-state index contributed by atoms with van der Waals surface area (Å²) in [6.45, 7) is 2.12. The Morgan fingerprint density at radius 3 is 2.65 bits per heavy atom. The summed E-state index contributed by atoms with van der Waals surface area (Å²) in [7, 11) is -3.55. The molecule has 3 nitrogen and oxygen atoms in total. The van der Waals surface area contributed by atoms with Crippen molar-refractivity contribution in [1.29, 1.82) is 0 Å². The maximum atomic E-state index is 12.2. The molecule has 1 rings (SSSR count). The van der Waals surface area contributed by atoms with Gasteiger partial charge in [0.25, 0.3) is 0 Å². The highest BCUT2D eigenvalue weighted by Gasteiger charge is 2.22. The molecule has 0 N–H and O–H groups in total. The Bertz CT molecular complexity index is 551. The van der Waals surface area contributed by atoms with E-state index in [1.165, 1.54) is 22.5 Å². The molecule has 0 saturated heterocycles. The van der Waals surface area contributed by atoms with Crippen molar-refractivity contribution < 1.29 is 8.42 Å². The van der Waals surface area contributed by atoms with Crippen molar-refractivity contribution in [2.24, 2.45) is 0 Å². The molecule has 0 heterocycles. The Morgan fingerprint density at radius 1 is 1.53 bits per heavy atom. The molecule has 0 radical (unpaired) electrons. The third-order valence-electron chi connectivity index (χ3n) is 2.15. The Morgan fingerprint density at radius 2 is 2.18 bits per heavy atom. The molecule has 17 heavy (non-hydrogen) atoms. The Kier molecular flexibility index (Phi) is 5.02. The number of hydrogen-bond acceptors (Lipinski definition) is 2. The normalized spacial score (nSPS) is 11.5. The zero-order chi connectivity index (χ0) is 13.1. The molecule has 0 aromatic heterocycles. The van der Waals surface area contributed by atoms with Crippen LogP contribution in [0, 0.1) is 12.3 Å². The summed E-state index contributed by atoms with van der Waals surface area (Å²) in [4.78, 5) is 0.172. The lowest BCUT2D eigenvalue weighted by Gasteiger charge is -2.18. The predicted molar refractivity (Wildman–Crippen MR) is 72.4 cm³/mol. The molecule has 0 aliphatic rings. The summed E-state index contributed by atoms with van der Waals surface area (Å²) in [6.07, 6.45) is 5.15. The van der Waals surface area contributed by atoms with Gasteiger partial charge in [0.2, 0.25) is 10.0 Å². The summed E-state index contributed by atoms with van der Waals surface area (Å²) in [5.74, 6) is 2.33. The van der Waals surface area contributed by atoms with Gasteiger partial charge in [0, 0.05) is 11.0 Å². The zero-order valence-electron chi connectivity index (χ0n) is 9.15. The van der Waals surface area contributed by atoms with Gasteiger partial charge in [0.1, 0.15) is 0 Å². The molecule has 0 unspecified atom stereocenters. The van der Waals surface area contributed by atoms with E-state index in [0.29, 0.717) is 16.0 Å². The lowest BCUT2D eigenvalue weighted by Crippen LogP contribution is -2.31. The van der Waals surface area contributed by atoms with Crippen LogP contribution in [0.15, 0.2) is 27.6 Å². The van der Waals surface area contributed by atoms with E-state index >= 15 is 0 Å². The monoisotopic (exact) mass is 335 g/mol. The molecule has 0 atom stereocenters. The molecule has 0 saturated carbocycles. The fourth-order valence-electron chi connectivity index (χ4n) is 1.25. The molecule has 1 aromatic rings. The molecular formula is C11H11BrClNO2S. The van der Waals surface area contributed by atoms with Gasteiger partial charge in [-0.05, 0) is 34.1 Å². The number of hydrogen-bond donors (Lipinski definition) is 0. The highest BCUT2D eigenvalue weighted by molar-refractivity contribution is 9.10. The van der Waals surface area contributed by atoms with Crippen molar-refractivity contribution in [3.8, 4) is 12.3 Å². The predicted octanol–water partition coefficient (Wildman–Crippen LogP) is 2.75. The van der Waals surface area contributed by atoms with Gasteiger partial charge >= 0.3 is 0 Å². The van der Waals surface area contributed by atoms with Gasteiger partial charge in [-0.15, -0.1) is 6.42 Å². The van der Waals surface area contributed by atoms with Gasteiger partial charge in [-0.25, -0.2) is 8.42 Å². The van der Waals surface area contributed by atoms with E-state index in [9.17, 15) is 8.42 Å². The number of rotatable bonds is 4. The second-order valence-corrected chi connectivity index (χ2v) is 6.41. The molecule has 0 aliphatic heterocycles. The topological polar surface area (TPSA) is 37.4 Å². The van der Waals surface area contributed by atoms with Crippen LogP contribution >= 0.6 is 27.5 Å². The molecule has 0 bridgehead atoms. The molecule has 1 aromatic carbocycles. The van der Waals surface area contributed by atoms with Gasteiger partial charge in [0.15, 0.2) is 0 Å². The van der Waals surface area contributed by atoms with E-state index in [1.54, 1.807) is 6.92 Å². The summed E-state index contributed by atoms with van der Waals surface area (Å²) in [5, 5.41) is 0.462. The lowest BCUT2D eigenvalue weighted by molar-refractivity contribution is 0.464. The third-order valence-corrected chi connectivity index (χ3v) is 5.28. The molecule has 0 aliphatic carbocycles. The van der Waals surface area contributed by atoms with E-state index in [0.717, 1.165) is 0 Å². The standard InChI is InChI=1S/C11H11BrClNO2S/c1-3-7-14(4-2)17(15,16)9-5-6-11(13)10(12)8-9/h1,5-6,8H,4,7H2,2H3. The fraction of sp³-hybridized carbons (Fsp3) is 0.273. The number of benzene rings is 1. The molecule has 6 heteroatoms. The van der Waals surface area contributed by atoms with Crippen molar-refractivity contribution in [2.75, 3.05) is 13.1 Å². The van der Waals surface area contributed by atoms with Crippen molar-refractivity contribution in [3.05, 3.63) is 27.7 Å². The molecule has 92 valence electrons. The lowest BCUT2D eigenvalue weighted by atomic mass is 10.4. The second-order valence-electron chi connectivity index (χ2n) is 3.21. The number of nitrogens with zero attached hydrogens (tertiary/aromatic N) is 1. The van der Waals surface area contributed by atoms with Crippen molar-refractivity contribution >= 4 is 37.6 Å². The van der Waals surface area contributed by atoms with Crippen molar-refractivity contribution in [3.63, 3.8) is 0 Å². The summed E-state index contributed by atoms with van der Waals surface area (Å²) in [5.41, 5.74) is 0. The van der Waals surface area contributed by atoms with Crippen LogP contribution in [0.25, 0.3) is 0 Å². The van der Waals surface area contributed by atoms with Gasteiger partial charge in [0.05, 0.1) is 16.5 Å². The van der Waals surface area contributed by atoms with Crippen LogP contribution in [0.4, 0.5) is 0 Å². The van der Waals surface area contributed by atoms with E-state index < -0.39 is 10.0 Å². The highest BCUT2D eigenvalue weighted by atomic mass is 79.9. The van der Waals surface area contributed by atoms with Crippen LogP contribution in [0.5, 0.6) is 0 Å². The SMILES string of the molecule is C#CCN(CC)S(=O)(=O)c1ccc(Cl)c(Br)c1. The van der Waals surface area contributed by atoms with Crippen LogP contribution < -0.4 is 0 Å². The van der Waals surface area contributed by atoms with E-state index in [-0.39, 0.29) is 11.4 Å². The average molecular weight is 337 g/mol. The highest BCUT2D eigenvalue weighted by Crippen LogP contribution is 2.26. The summed E-state index contributed by atoms with van der Waals surface area (Å²) in [6, 6.07) is 4.46. The van der Waals surface area contributed by atoms with Gasteiger partial charge in [-0.2, -0.15) is 4.31 Å². The van der Waals surface area contributed by atoms with Crippen molar-refractivity contribution in [2.45, 2.75) is 11.8 Å². The Labute approximate surface area is 115 Å². The number of halogens is 2. The summed E-state index contributed by atoms with van der Waals surface area (Å²) >= 11 is 9.01. The van der Waals surface area contributed by atoms with Gasteiger partial charge in [-0.1, -0.05) is 24.4 Å². The first kappa shape index (κ1) is 14.5. The molecule has 0 amide bonds. The van der Waals surface area contributed by atoms with Crippen LogP contribution in [0.1, 0.15) is 6.92 Å². The quantitative estimate of drug-likeness (QED) is 0.793. The minimum atomic E-state index is -3.55. The fourth-order valence-corrected chi connectivity index (χ4v) is 3.29. The average Bonchev–Trinajstić information content (AvgIpc) is 2.29. The first-order valence-corrected chi connectivity index (χ1v) is 7.43. The molecule has 0 fully saturated rings. The Balaban J connectivity index is 3.21. The van der Waals surface area contributed by atoms with Crippen LogP contribution in [-0.2, 0) is 10.0 Å².